The average molecular weight is 481 g/mol. The summed E-state index contributed by atoms with van der Waals surface area (Å²) in [6.07, 6.45) is 9.78. The van der Waals surface area contributed by atoms with E-state index < -0.39 is 5.41 Å². The van der Waals surface area contributed by atoms with Crippen molar-refractivity contribution in [3.8, 4) is 5.88 Å². The number of nitrogens with two attached hydrogens (primary N) is 1. The Hall–Kier alpha value is -3.27. The number of carbonyl (C=O) groups is 2. The van der Waals surface area contributed by atoms with E-state index in [4.69, 9.17) is 14.9 Å². The fourth-order valence-electron chi connectivity index (χ4n) is 5.52. The topological polar surface area (TPSA) is 136 Å². The molecule has 1 aliphatic heterocycles. The van der Waals surface area contributed by atoms with E-state index in [1.54, 1.807) is 6.07 Å². The number of aromatic nitrogens is 3. The molecule has 3 heterocycles. The molecule has 2 atom stereocenters. The summed E-state index contributed by atoms with van der Waals surface area (Å²) < 4.78 is 11.3. The standard InChI is InChI=1S/C25H32N6O4/c1-31-12-5-6-16(31)15-35-20-14-19(29-24-27-11-13-34-24)28-23(30-20)21(26)17-7-4-10-25(22(17)33)9-3-2-8-18(25)32/h11,13-14,16H,2-10,12,15,26H2,1H3,(H,27,28,29,30)/b21-17-/t16-,25+/m0/s1. The van der Waals surface area contributed by atoms with Crippen molar-refractivity contribution in [1.82, 2.24) is 19.9 Å². The summed E-state index contributed by atoms with van der Waals surface area (Å²) in [5, 5.41) is 3.00. The number of nitrogens with zero attached hydrogens (tertiary/aromatic N) is 4. The lowest BCUT2D eigenvalue weighted by Gasteiger charge is -2.38. The number of oxazole rings is 1. The lowest BCUT2D eigenvalue weighted by Crippen LogP contribution is -2.45. The largest absolute Gasteiger partial charge is 0.476 e. The van der Waals surface area contributed by atoms with Crippen molar-refractivity contribution in [2.45, 2.75) is 63.8 Å². The van der Waals surface area contributed by atoms with Gasteiger partial charge in [-0.25, -0.2) is 9.97 Å². The minimum Gasteiger partial charge on any atom is -0.476 e. The van der Waals surface area contributed by atoms with Crippen LogP contribution in [0.1, 0.15) is 63.6 Å². The van der Waals surface area contributed by atoms with E-state index in [0.29, 0.717) is 55.6 Å². The average Bonchev–Trinajstić information content (AvgIpc) is 3.52. The van der Waals surface area contributed by atoms with E-state index in [1.165, 1.54) is 12.5 Å². The number of rotatable bonds is 6. The Balaban J connectivity index is 1.47. The third kappa shape index (κ3) is 4.67. The summed E-state index contributed by atoms with van der Waals surface area (Å²) in [5.41, 5.74) is 6.25. The molecule has 5 rings (SSSR count). The highest BCUT2D eigenvalue weighted by Gasteiger charge is 2.49. The zero-order valence-electron chi connectivity index (χ0n) is 20.1. The Morgan fingerprint density at radius 3 is 2.83 bits per heavy atom. The second kappa shape index (κ2) is 9.77. The highest BCUT2D eigenvalue weighted by atomic mass is 16.5. The second-order valence-corrected chi connectivity index (χ2v) is 9.75. The molecule has 35 heavy (non-hydrogen) atoms. The molecule has 0 radical (unpaired) electrons. The molecular weight excluding hydrogens is 448 g/mol. The molecule has 1 spiro atoms. The van der Waals surface area contributed by atoms with Gasteiger partial charge in [0.1, 0.15) is 24.5 Å². The summed E-state index contributed by atoms with van der Waals surface area (Å²) >= 11 is 0. The third-order valence-corrected chi connectivity index (χ3v) is 7.56. The van der Waals surface area contributed by atoms with Crippen LogP contribution in [0.15, 0.2) is 28.5 Å². The van der Waals surface area contributed by atoms with Crippen molar-refractivity contribution < 1.29 is 18.7 Å². The second-order valence-electron chi connectivity index (χ2n) is 9.75. The maximum absolute atomic E-state index is 13.6. The van der Waals surface area contributed by atoms with Gasteiger partial charge in [-0.1, -0.05) is 6.42 Å². The smallest absolute Gasteiger partial charge is 0.300 e. The van der Waals surface area contributed by atoms with Crippen LogP contribution in [0, 0.1) is 5.41 Å². The molecule has 3 aliphatic rings. The molecule has 3 N–H and O–H groups in total. The Morgan fingerprint density at radius 1 is 1.23 bits per heavy atom. The summed E-state index contributed by atoms with van der Waals surface area (Å²) in [7, 11) is 2.08. The van der Waals surface area contributed by atoms with Crippen LogP contribution in [-0.4, -0.2) is 57.7 Å². The predicted octanol–water partition coefficient (Wildman–Crippen LogP) is 3.23. The molecule has 1 saturated heterocycles. The Labute approximate surface area is 204 Å². The van der Waals surface area contributed by atoms with Gasteiger partial charge in [-0.15, -0.1) is 0 Å². The number of ketones is 2. The molecule has 3 fully saturated rings. The van der Waals surface area contributed by atoms with Gasteiger partial charge in [0, 0.05) is 24.1 Å². The van der Waals surface area contributed by atoms with Gasteiger partial charge in [0.2, 0.25) is 5.88 Å². The van der Waals surface area contributed by atoms with Gasteiger partial charge in [-0.2, -0.15) is 4.98 Å². The predicted molar refractivity (Wildman–Crippen MR) is 129 cm³/mol. The summed E-state index contributed by atoms with van der Waals surface area (Å²) in [5.74, 6) is 0.821. The SMILES string of the molecule is CN1CCC[C@H]1COc1cc(Nc2ncco2)nc(/C(N)=C2\CCC[C@@]3(CCCCC3=O)C2=O)n1. The zero-order chi connectivity index (χ0) is 24.4. The van der Waals surface area contributed by atoms with E-state index in [9.17, 15) is 9.59 Å². The molecule has 186 valence electrons. The third-order valence-electron chi connectivity index (χ3n) is 7.56. The first kappa shape index (κ1) is 23.5. The molecule has 10 heteroatoms. The van der Waals surface area contributed by atoms with E-state index in [2.05, 4.69) is 32.2 Å². The number of allylic oxidation sites excluding steroid dienone is 1. The lowest BCUT2D eigenvalue weighted by molar-refractivity contribution is -0.143. The molecule has 2 aromatic heterocycles. The number of Topliss-reactive ketones (excluding diaryl/α,β-unsaturated/α-hetero) is 2. The molecular formula is C25H32N6O4. The lowest BCUT2D eigenvalue weighted by atomic mass is 9.62. The van der Waals surface area contributed by atoms with Crippen LogP contribution in [0.5, 0.6) is 5.88 Å². The quantitative estimate of drug-likeness (QED) is 0.468. The number of hydrogen-bond donors (Lipinski definition) is 2. The van der Waals surface area contributed by atoms with Crippen LogP contribution in [0.3, 0.4) is 0 Å². The Morgan fingerprint density at radius 2 is 2.09 bits per heavy atom. The molecule has 2 aliphatic carbocycles. The minimum atomic E-state index is -0.934. The molecule has 0 unspecified atom stereocenters. The number of likely N-dealkylation sites (tertiary alicyclic amines) is 1. The van der Waals surface area contributed by atoms with Gasteiger partial charge in [0.25, 0.3) is 6.01 Å². The van der Waals surface area contributed by atoms with Gasteiger partial charge >= 0.3 is 0 Å². The van der Waals surface area contributed by atoms with Crippen molar-refractivity contribution >= 4 is 29.1 Å². The molecule has 2 aromatic rings. The highest BCUT2D eigenvalue weighted by molar-refractivity contribution is 6.17. The van der Waals surface area contributed by atoms with Crippen molar-refractivity contribution in [2.24, 2.45) is 11.1 Å². The number of anilines is 2. The van der Waals surface area contributed by atoms with E-state index in [1.807, 2.05) is 0 Å². The van der Waals surface area contributed by atoms with Crippen LogP contribution in [0.2, 0.25) is 0 Å². The Kier molecular flexibility index (Phi) is 6.55. The maximum Gasteiger partial charge on any atom is 0.300 e. The molecule has 0 aromatic carbocycles. The summed E-state index contributed by atoms with van der Waals surface area (Å²) in [4.78, 5) is 41.9. The van der Waals surface area contributed by atoms with Crippen molar-refractivity contribution in [3.63, 3.8) is 0 Å². The molecule has 10 nitrogen and oxygen atoms in total. The first-order valence-electron chi connectivity index (χ1n) is 12.4. The van der Waals surface area contributed by atoms with Crippen LogP contribution in [-0.2, 0) is 9.59 Å². The van der Waals surface area contributed by atoms with Gasteiger partial charge in [0.15, 0.2) is 11.6 Å². The van der Waals surface area contributed by atoms with Crippen LogP contribution in [0.25, 0.3) is 5.70 Å². The van der Waals surface area contributed by atoms with Crippen LogP contribution in [0.4, 0.5) is 11.8 Å². The van der Waals surface area contributed by atoms with E-state index in [-0.39, 0.29) is 29.1 Å². The summed E-state index contributed by atoms with van der Waals surface area (Å²) in [6, 6.07) is 2.24. The maximum atomic E-state index is 13.6. The fourth-order valence-corrected chi connectivity index (χ4v) is 5.52. The van der Waals surface area contributed by atoms with Crippen LogP contribution >= 0.6 is 0 Å². The minimum absolute atomic E-state index is 0.0451. The summed E-state index contributed by atoms with van der Waals surface area (Å²) in [6.45, 7) is 1.53. The van der Waals surface area contributed by atoms with Crippen molar-refractivity contribution in [3.05, 3.63) is 29.9 Å². The molecule has 2 saturated carbocycles. The normalized spacial score (nSPS) is 26.8. The zero-order valence-corrected chi connectivity index (χ0v) is 20.1. The highest BCUT2D eigenvalue weighted by Crippen LogP contribution is 2.45. The monoisotopic (exact) mass is 480 g/mol. The van der Waals surface area contributed by atoms with Crippen molar-refractivity contribution in [1.29, 1.82) is 0 Å². The number of likely N-dealkylation sites (N-methyl/N-ethyl adjacent to an activating group) is 1. The first-order chi connectivity index (χ1) is 17.0. The van der Waals surface area contributed by atoms with E-state index >= 15 is 0 Å². The van der Waals surface area contributed by atoms with Crippen molar-refractivity contribution in [2.75, 3.05) is 25.5 Å². The van der Waals surface area contributed by atoms with Gasteiger partial charge in [-0.3, -0.25) is 14.9 Å². The van der Waals surface area contributed by atoms with Crippen LogP contribution < -0.4 is 15.8 Å². The Bertz CT molecular complexity index is 1130. The fraction of sp³-hybridized carbons (Fsp3) is 0.560. The number of nitrogens with one attached hydrogen (secondary N) is 1. The number of hydrogen-bond acceptors (Lipinski definition) is 10. The van der Waals surface area contributed by atoms with Gasteiger partial charge in [0.05, 0.1) is 17.3 Å². The molecule has 0 amide bonds. The first-order valence-corrected chi connectivity index (χ1v) is 12.4. The molecule has 0 bridgehead atoms. The van der Waals surface area contributed by atoms with Gasteiger partial charge in [-0.05, 0) is 58.5 Å². The van der Waals surface area contributed by atoms with Gasteiger partial charge < -0.3 is 19.8 Å². The number of carbonyl (C=O) groups excluding carboxylic acids is 2. The van der Waals surface area contributed by atoms with E-state index in [0.717, 1.165) is 38.6 Å². The number of ether oxygens (including phenoxy) is 1.